The highest BCUT2D eigenvalue weighted by molar-refractivity contribution is 7.89. The van der Waals surface area contributed by atoms with E-state index in [1.54, 1.807) is 18.3 Å². The number of rotatable bonds is 6. The fourth-order valence-corrected chi connectivity index (χ4v) is 3.32. The number of nitrogens with one attached hydrogen (secondary N) is 2. The molecule has 0 aromatic carbocycles. The summed E-state index contributed by atoms with van der Waals surface area (Å²) in [6, 6.07) is 3.41. The Hall–Kier alpha value is -1.44. The second-order valence-electron chi connectivity index (χ2n) is 5.51. The van der Waals surface area contributed by atoms with Crippen molar-refractivity contribution in [3.8, 4) is 0 Å². The summed E-state index contributed by atoms with van der Waals surface area (Å²) < 4.78 is 27.3. The van der Waals surface area contributed by atoms with E-state index in [9.17, 15) is 8.42 Å². The monoisotopic (exact) mass is 297 g/mol. The molecule has 0 aliphatic carbocycles. The predicted molar refractivity (Wildman–Crippen MR) is 76.8 cm³/mol. The topological polar surface area (TPSA) is 95.1 Å². The normalized spacial score (nSPS) is 12.9. The SMILES string of the molecule is CC(C)(CCO)CNS(=O)(=O)c1c[nH]c2ncccc12. The van der Waals surface area contributed by atoms with Gasteiger partial charge in [0.15, 0.2) is 0 Å². The Morgan fingerprint density at radius 2 is 2.20 bits per heavy atom. The highest BCUT2D eigenvalue weighted by atomic mass is 32.2. The number of sulfonamides is 1. The van der Waals surface area contributed by atoms with Gasteiger partial charge in [0.05, 0.1) is 0 Å². The van der Waals surface area contributed by atoms with Crippen LogP contribution in [0.2, 0.25) is 0 Å². The molecule has 2 rings (SSSR count). The largest absolute Gasteiger partial charge is 0.396 e. The highest BCUT2D eigenvalue weighted by Gasteiger charge is 2.24. The maximum absolute atomic E-state index is 12.3. The van der Waals surface area contributed by atoms with Gasteiger partial charge in [0.2, 0.25) is 10.0 Å². The summed E-state index contributed by atoms with van der Waals surface area (Å²) in [4.78, 5) is 7.11. The summed E-state index contributed by atoms with van der Waals surface area (Å²) in [5.41, 5.74) is 0.245. The minimum Gasteiger partial charge on any atom is -0.396 e. The molecule has 0 saturated carbocycles. The van der Waals surface area contributed by atoms with Crippen LogP contribution in [-0.4, -0.2) is 36.6 Å². The molecule has 0 atom stereocenters. The molecule has 0 unspecified atom stereocenters. The van der Waals surface area contributed by atoms with Gasteiger partial charge in [-0.2, -0.15) is 0 Å². The fourth-order valence-electron chi connectivity index (χ4n) is 1.91. The molecule has 0 saturated heterocycles. The summed E-state index contributed by atoms with van der Waals surface area (Å²) in [7, 11) is -3.60. The van der Waals surface area contributed by atoms with E-state index in [0.29, 0.717) is 17.5 Å². The highest BCUT2D eigenvalue weighted by Crippen LogP contribution is 2.23. The van der Waals surface area contributed by atoms with E-state index in [4.69, 9.17) is 5.11 Å². The summed E-state index contributed by atoms with van der Waals surface area (Å²) >= 11 is 0. The van der Waals surface area contributed by atoms with E-state index >= 15 is 0 Å². The Morgan fingerprint density at radius 3 is 2.90 bits per heavy atom. The van der Waals surface area contributed by atoms with Crippen LogP contribution < -0.4 is 4.72 Å². The number of aromatic amines is 1. The number of H-pyrrole nitrogens is 1. The minimum atomic E-state index is -3.60. The van der Waals surface area contributed by atoms with Gasteiger partial charge in [-0.25, -0.2) is 18.1 Å². The fraction of sp³-hybridized carbons (Fsp3) is 0.462. The summed E-state index contributed by atoms with van der Waals surface area (Å²) in [5.74, 6) is 0. The first kappa shape index (κ1) is 15.0. The number of aliphatic hydroxyl groups is 1. The molecular weight excluding hydrogens is 278 g/mol. The lowest BCUT2D eigenvalue weighted by molar-refractivity contribution is 0.213. The molecule has 0 aliphatic rings. The molecule has 2 heterocycles. The first-order valence-electron chi connectivity index (χ1n) is 6.38. The number of aliphatic hydroxyl groups excluding tert-OH is 1. The van der Waals surface area contributed by atoms with Crippen molar-refractivity contribution in [3.63, 3.8) is 0 Å². The summed E-state index contributed by atoms with van der Waals surface area (Å²) in [5, 5.41) is 9.54. The number of aromatic nitrogens is 2. The van der Waals surface area contributed by atoms with Crippen LogP contribution >= 0.6 is 0 Å². The molecular formula is C13H19N3O3S. The third-order valence-corrected chi connectivity index (χ3v) is 4.67. The van der Waals surface area contributed by atoms with Gasteiger partial charge >= 0.3 is 0 Å². The van der Waals surface area contributed by atoms with Crippen LogP contribution in [0.3, 0.4) is 0 Å². The van der Waals surface area contributed by atoms with Gasteiger partial charge in [-0.15, -0.1) is 0 Å². The Kier molecular flexibility index (Phi) is 4.12. The standard InChI is InChI=1S/C13H19N3O3S/c1-13(2,5-7-17)9-16-20(18,19)11-8-15-12-10(11)4-3-6-14-12/h3-4,6,8,16-17H,5,7,9H2,1-2H3,(H,14,15). The molecule has 7 heteroatoms. The van der Waals surface area contributed by atoms with Crippen LogP contribution in [0.5, 0.6) is 0 Å². The van der Waals surface area contributed by atoms with Crippen molar-refractivity contribution >= 4 is 21.1 Å². The molecule has 0 spiro atoms. The number of hydrogen-bond acceptors (Lipinski definition) is 4. The van der Waals surface area contributed by atoms with Crippen LogP contribution in [0.1, 0.15) is 20.3 Å². The molecule has 2 aromatic rings. The Labute approximate surface area is 118 Å². The first-order chi connectivity index (χ1) is 9.36. The van der Waals surface area contributed by atoms with E-state index in [0.717, 1.165) is 0 Å². The lowest BCUT2D eigenvalue weighted by atomic mass is 9.90. The molecule has 0 bridgehead atoms. The average Bonchev–Trinajstić information content (AvgIpc) is 2.81. The van der Waals surface area contributed by atoms with E-state index in [2.05, 4.69) is 14.7 Å². The maximum atomic E-state index is 12.3. The Morgan fingerprint density at radius 1 is 1.45 bits per heavy atom. The number of pyridine rings is 1. The summed E-state index contributed by atoms with van der Waals surface area (Å²) in [6.07, 6.45) is 3.58. The molecule has 0 radical (unpaired) electrons. The van der Waals surface area contributed by atoms with Crippen LogP contribution in [0.25, 0.3) is 11.0 Å². The molecule has 6 nitrogen and oxygen atoms in total. The second-order valence-corrected chi connectivity index (χ2v) is 7.25. The van der Waals surface area contributed by atoms with E-state index < -0.39 is 10.0 Å². The van der Waals surface area contributed by atoms with Crippen LogP contribution in [0.15, 0.2) is 29.4 Å². The maximum Gasteiger partial charge on any atom is 0.242 e. The van der Waals surface area contributed by atoms with Crippen molar-refractivity contribution in [1.82, 2.24) is 14.7 Å². The molecule has 3 N–H and O–H groups in total. The molecule has 0 fully saturated rings. The van der Waals surface area contributed by atoms with Gasteiger partial charge in [-0.1, -0.05) is 13.8 Å². The van der Waals surface area contributed by atoms with E-state index in [1.165, 1.54) is 6.20 Å². The quantitative estimate of drug-likeness (QED) is 0.748. The van der Waals surface area contributed by atoms with Crippen molar-refractivity contribution in [2.24, 2.45) is 5.41 Å². The minimum absolute atomic E-state index is 0.0335. The van der Waals surface area contributed by atoms with Crippen LogP contribution in [0, 0.1) is 5.41 Å². The van der Waals surface area contributed by atoms with Crippen molar-refractivity contribution in [2.75, 3.05) is 13.2 Å². The molecule has 0 aliphatic heterocycles. The zero-order valence-corrected chi connectivity index (χ0v) is 12.4. The van der Waals surface area contributed by atoms with Gasteiger partial charge < -0.3 is 10.1 Å². The van der Waals surface area contributed by atoms with Gasteiger partial charge in [-0.3, -0.25) is 0 Å². The predicted octanol–water partition coefficient (Wildman–Crippen LogP) is 1.25. The Balaban J connectivity index is 2.23. The zero-order valence-electron chi connectivity index (χ0n) is 11.5. The molecule has 0 amide bonds. The lowest BCUT2D eigenvalue weighted by Gasteiger charge is -2.23. The van der Waals surface area contributed by atoms with E-state index in [-0.39, 0.29) is 23.5 Å². The lowest BCUT2D eigenvalue weighted by Crippen LogP contribution is -2.34. The summed E-state index contributed by atoms with van der Waals surface area (Å²) in [6.45, 7) is 4.11. The van der Waals surface area contributed by atoms with Gasteiger partial charge in [0, 0.05) is 30.9 Å². The van der Waals surface area contributed by atoms with Gasteiger partial charge in [0.25, 0.3) is 0 Å². The zero-order chi connectivity index (χ0) is 14.8. The van der Waals surface area contributed by atoms with Crippen LogP contribution in [-0.2, 0) is 10.0 Å². The molecule has 110 valence electrons. The number of fused-ring (bicyclic) bond motifs is 1. The second kappa shape index (κ2) is 5.51. The van der Waals surface area contributed by atoms with Crippen molar-refractivity contribution < 1.29 is 13.5 Å². The van der Waals surface area contributed by atoms with Crippen molar-refractivity contribution in [3.05, 3.63) is 24.5 Å². The third kappa shape index (κ3) is 3.17. The van der Waals surface area contributed by atoms with E-state index in [1.807, 2.05) is 13.8 Å². The number of hydrogen-bond donors (Lipinski definition) is 3. The third-order valence-electron chi connectivity index (χ3n) is 3.23. The number of nitrogens with zero attached hydrogens (tertiary/aromatic N) is 1. The van der Waals surface area contributed by atoms with Crippen molar-refractivity contribution in [2.45, 2.75) is 25.2 Å². The Bertz CT molecular complexity index is 692. The average molecular weight is 297 g/mol. The first-order valence-corrected chi connectivity index (χ1v) is 7.87. The molecule has 20 heavy (non-hydrogen) atoms. The molecule has 2 aromatic heterocycles. The van der Waals surface area contributed by atoms with Crippen molar-refractivity contribution in [1.29, 1.82) is 0 Å². The smallest absolute Gasteiger partial charge is 0.242 e. The van der Waals surface area contributed by atoms with Gasteiger partial charge in [0.1, 0.15) is 10.5 Å². The van der Waals surface area contributed by atoms with Crippen LogP contribution in [0.4, 0.5) is 0 Å². The van der Waals surface area contributed by atoms with Gasteiger partial charge in [-0.05, 0) is 24.0 Å².